The number of rotatable bonds is 9. The van der Waals surface area contributed by atoms with E-state index in [1.165, 1.54) is 24.8 Å². The van der Waals surface area contributed by atoms with Crippen LogP contribution in [0, 0.1) is 12.7 Å². The van der Waals surface area contributed by atoms with Crippen LogP contribution in [-0.4, -0.2) is 76.7 Å². The molecule has 0 unspecified atom stereocenters. The Morgan fingerprint density at radius 1 is 0.919 bits per heavy atom. The predicted octanol–water partition coefficient (Wildman–Crippen LogP) is 11.1. The smallest absolute Gasteiger partial charge is 0.418 e. The van der Waals surface area contributed by atoms with Crippen LogP contribution >= 0.6 is 23.4 Å². The van der Waals surface area contributed by atoms with Crippen molar-refractivity contribution in [2.24, 2.45) is 0 Å². The van der Waals surface area contributed by atoms with Gasteiger partial charge >= 0.3 is 12.3 Å². The molecule has 1 amide bonds. The molecule has 3 aliphatic rings. The summed E-state index contributed by atoms with van der Waals surface area (Å²) in [5.41, 5.74) is -0.923. The van der Waals surface area contributed by atoms with Gasteiger partial charge in [0.2, 0.25) is 0 Å². The molecule has 2 fully saturated rings. The summed E-state index contributed by atoms with van der Waals surface area (Å²) in [5.74, 6) is 0.962. The molecule has 0 aliphatic carbocycles. The number of fused-ring (bicyclic) bond motifs is 5. The van der Waals surface area contributed by atoms with Gasteiger partial charge in [0.1, 0.15) is 34.3 Å². The number of ether oxygens (including phenoxy) is 3. The number of benzene rings is 3. The molecule has 0 radical (unpaired) electrons. The molecule has 2 aromatic heterocycles. The van der Waals surface area contributed by atoms with E-state index < -0.39 is 34.4 Å². The maximum atomic E-state index is 17.8. The van der Waals surface area contributed by atoms with E-state index in [9.17, 15) is 4.79 Å². The molecule has 16 heteroatoms. The van der Waals surface area contributed by atoms with Gasteiger partial charge in [-0.3, -0.25) is 4.90 Å². The standard InChI is InChI=1S/C46H49ClF4N6O4S/c1-25-21-34(55(22-26-11-16-29(59-5)17-12-26)23-27-13-18-30(60-6)19-14-27)52-40(37(25)46(49,50)51)36-38(47)31-9-8-10-32-33-20-15-28(57(33)44(58)61-45(2,3)4)24-56(32)42-35(31)41(39(36)48)53-43(54-42)62-7/h11-14,16-19,21,28,32-33H,8-10,15,20,22-24H2,1-7H3/t28-,32-,33+/m1/s1. The lowest BCUT2D eigenvalue weighted by molar-refractivity contribution is -0.137. The Kier molecular flexibility index (Phi) is 11.9. The first-order chi connectivity index (χ1) is 29.5. The third-order valence-corrected chi connectivity index (χ3v) is 12.9. The summed E-state index contributed by atoms with van der Waals surface area (Å²) in [6.07, 6.45) is -0.478. The van der Waals surface area contributed by atoms with E-state index in [1.54, 1.807) is 20.5 Å². The quantitative estimate of drug-likeness (QED) is 0.0809. The number of piperazine rings is 1. The Morgan fingerprint density at radius 2 is 1.55 bits per heavy atom. The predicted molar refractivity (Wildman–Crippen MR) is 234 cm³/mol. The Morgan fingerprint density at radius 3 is 2.11 bits per heavy atom. The van der Waals surface area contributed by atoms with E-state index in [1.807, 2.05) is 79.1 Å². The average Bonchev–Trinajstić information content (AvgIpc) is 3.55. The molecule has 328 valence electrons. The molecule has 62 heavy (non-hydrogen) atoms. The van der Waals surface area contributed by atoms with Crippen molar-refractivity contribution in [1.82, 2.24) is 19.9 Å². The number of nitrogens with zero attached hydrogens (tertiary/aromatic N) is 6. The number of halogens is 5. The highest BCUT2D eigenvalue weighted by Crippen LogP contribution is 2.50. The summed E-state index contributed by atoms with van der Waals surface area (Å²) in [5, 5.41) is 0.467. The fraction of sp³-hybridized carbons (Fsp3) is 0.435. The largest absolute Gasteiger partial charge is 0.497 e. The van der Waals surface area contributed by atoms with Crippen LogP contribution in [0.5, 0.6) is 11.5 Å². The number of hydrogen-bond donors (Lipinski definition) is 0. The lowest BCUT2D eigenvalue weighted by atomic mass is 9.89. The SMILES string of the molecule is COc1ccc(CN(Cc2ccc(OC)cc2)c2cc(C)c(C(F)(F)F)c(-c3c(Cl)c4c5c(nc(SC)nc5c3F)N3C[C@H]5CC[C@@H]([C@H]3CCC4)N5C(=O)OC(C)(C)C)n2)cc1. The zero-order valence-corrected chi connectivity index (χ0v) is 37.3. The van der Waals surface area contributed by atoms with Gasteiger partial charge in [-0.15, -0.1) is 0 Å². The average molecular weight is 893 g/mol. The maximum Gasteiger partial charge on any atom is 0.418 e. The molecule has 5 aromatic rings. The van der Waals surface area contributed by atoms with E-state index in [-0.39, 0.29) is 64.4 Å². The number of aryl methyl sites for hydroxylation is 2. The molecule has 0 saturated carbocycles. The molecule has 3 aromatic carbocycles. The summed E-state index contributed by atoms with van der Waals surface area (Å²) >= 11 is 8.50. The van der Waals surface area contributed by atoms with Crippen LogP contribution in [0.4, 0.5) is 34.0 Å². The Balaban J connectivity index is 1.29. The summed E-state index contributed by atoms with van der Waals surface area (Å²) < 4.78 is 80.4. The summed E-state index contributed by atoms with van der Waals surface area (Å²) in [4.78, 5) is 33.8. The summed E-state index contributed by atoms with van der Waals surface area (Å²) in [6, 6.07) is 15.6. The second kappa shape index (κ2) is 16.9. The highest BCUT2D eigenvalue weighted by atomic mass is 35.5. The summed E-state index contributed by atoms with van der Waals surface area (Å²) in [6.45, 7) is 7.82. The van der Waals surface area contributed by atoms with Gasteiger partial charge in [0.05, 0.1) is 59.6 Å². The van der Waals surface area contributed by atoms with E-state index >= 15 is 17.6 Å². The number of methoxy groups -OCH3 is 2. The van der Waals surface area contributed by atoms with Crippen molar-refractivity contribution in [2.75, 3.05) is 36.8 Å². The van der Waals surface area contributed by atoms with Crippen molar-refractivity contribution in [3.05, 3.63) is 93.3 Å². The van der Waals surface area contributed by atoms with Gasteiger partial charge in [-0.1, -0.05) is 47.6 Å². The molecule has 10 nitrogen and oxygen atoms in total. The van der Waals surface area contributed by atoms with Crippen LogP contribution in [-0.2, 0) is 30.4 Å². The Labute approximate surface area is 367 Å². The first-order valence-corrected chi connectivity index (χ1v) is 22.2. The van der Waals surface area contributed by atoms with Crippen LogP contribution in [0.15, 0.2) is 59.8 Å². The highest BCUT2D eigenvalue weighted by Gasteiger charge is 2.51. The highest BCUT2D eigenvalue weighted by molar-refractivity contribution is 7.98. The number of alkyl halides is 3. The van der Waals surface area contributed by atoms with Gasteiger partial charge in [-0.2, -0.15) is 13.2 Å². The van der Waals surface area contributed by atoms with Gasteiger partial charge < -0.3 is 24.0 Å². The first-order valence-electron chi connectivity index (χ1n) is 20.6. The van der Waals surface area contributed by atoms with E-state index in [2.05, 4.69) is 9.88 Å². The van der Waals surface area contributed by atoms with E-state index in [4.69, 9.17) is 35.8 Å². The van der Waals surface area contributed by atoms with E-state index in [0.717, 1.165) is 24.0 Å². The monoisotopic (exact) mass is 892 g/mol. The number of anilines is 2. The lowest BCUT2D eigenvalue weighted by Gasteiger charge is -2.48. The number of carbonyl (C=O) groups excluding carboxylic acids is 1. The van der Waals surface area contributed by atoms with Crippen LogP contribution in [0.3, 0.4) is 0 Å². The molecule has 3 aliphatic heterocycles. The lowest BCUT2D eigenvalue weighted by Crippen LogP contribution is -2.62. The molecule has 5 heterocycles. The normalized spacial score (nSPS) is 18.6. The van der Waals surface area contributed by atoms with Crippen molar-refractivity contribution in [3.63, 3.8) is 0 Å². The number of carbonyl (C=O) groups is 1. The Bertz CT molecular complexity index is 2450. The van der Waals surface area contributed by atoms with Gasteiger partial charge in [-0.25, -0.2) is 24.1 Å². The molecule has 2 bridgehead atoms. The van der Waals surface area contributed by atoms with E-state index in [0.29, 0.717) is 54.1 Å². The maximum absolute atomic E-state index is 17.8. The van der Waals surface area contributed by atoms with Crippen molar-refractivity contribution >= 4 is 52.0 Å². The molecular weight excluding hydrogens is 844 g/mol. The van der Waals surface area contributed by atoms with Crippen molar-refractivity contribution in [3.8, 4) is 22.8 Å². The third-order valence-electron chi connectivity index (χ3n) is 12.0. The number of aromatic nitrogens is 3. The second-order valence-electron chi connectivity index (χ2n) is 17.1. The minimum absolute atomic E-state index is 0.123. The number of hydrogen-bond acceptors (Lipinski definition) is 10. The van der Waals surface area contributed by atoms with Crippen molar-refractivity contribution < 1.29 is 36.6 Å². The fourth-order valence-corrected chi connectivity index (χ4v) is 10.00. The minimum atomic E-state index is -4.92. The summed E-state index contributed by atoms with van der Waals surface area (Å²) in [7, 11) is 3.14. The van der Waals surface area contributed by atoms with Crippen molar-refractivity contribution in [1.29, 1.82) is 0 Å². The number of thioether (sulfide) groups is 1. The Hall–Kier alpha value is -5.02. The van der Waals surface area contributed by atoms with Gasteiger partial charge in [-0.05, 0) is 119 Å². The van der Waals surface area contributed by atoms with Crippen LogP contribution in [0.25, 0.3) is 22.2 Å². The first kappa shape index (κ1) is 43.6. The molecule has 0 spiro atoms. The number of pyridine rings is 1. The van der Waals surface area contributed by atoms with Crippen LogP contribution < -0.4 is 19.3 Å². The minimum Gasteiger partial charge on any atom is -0.497 e. The number of amides is 1. The second-order valence-corrected chi connectivity index (χ2v) is 18.3. The fourth-order valence-electron chi connectivity index (χ4n) is 9.28. The molecule has 8 rings (SSSR count). The molecule has 0 N–H and O–H groups in total. The molecular formula is C46H49ClF4N6O4S. The molecule has 3 atom stereocenters. The zero-order valence-electron chi connectivity index (χ0n) is 35.7. The van der Waals surface area contributed by atoms with Gasteiger partial charge in [0.15, 0.2) is 11.0 Å². The van der Waals surface area contributed by atoms with Crippen molar-refractivity contribution in [2.45, 2.75) is 108 Å². The van der Waals surface area contributed by atoms with Crippen LogP contribution in [0.2, 0.25) is 5.02 Å². The molecule has 2 saturated heterocycles. The zero-order chi connectivity index (χ0) is 44.2. The third kappa shape index (κ3) is 8.29. The van der Waals surface area contributed by atoms with Crippen LogP contribution in [0.1, 0.15) is 74.3 Å². The van der Waals surface area contributed by atoms with Gasteiger partial charge in [0.25, 0.3) is 0 Å². The van der Waals surface area contributed by atoms with Gasteiger partial charge in [0, 0.05) is 19.6 Å². The topological polar surface area (TPSA) is 93.2 Å².